The van der Waals surface area contributed by atoms with Crippen LogP contribution in [0.3, 0.4) is 0 Å². The van der Waals surface area contributed by atoms with Gasteiger partial charge in [0.25, 0.3) is 0 Å². The Balaban J connectivity index is 2.79. The van der Waals surface area contributed by atoms with Crippen LogP contribution in [-0.2, 0) is 9.84 Å². The third kappa shape index (κ3) is 4.89. The number of carbonyl (C=O) groups is 1. The maximum atomic E-state index is 13.7. The molecule has 0 saturated heterocycles. The second-order valence-corrected chi connectivity index (χ2v) is 6.70. The van der Waals surface area contributed by atoms with Gasteiger partial charge in [0.15, 0.2) is 16.1 Å². The van der Waals surface area contributed by atoms with Crippen molar-refractivity contribution in [1.82, 2.24) is 4.90 Å². The van der Waals surface area contributed by atoms with Gasteiger partial charge in [-0.1, -0.05) is 13.3 Å². The van der Waals surface area contributed by atoms with Crippen molar-refractivity contribution in [3.8, 4) is 0 Å². The first-order valence-electron chi connectivity index (χ1n) is 6.50. The van der Waals surface area contributed by atoms with Crippen LogP contribution in [0.5, 0.6) is 0 Å². The number of nitrogens with two attached hydrogens (primary N) is 1. The lowest BCUT2D eigenvalue weighted by Gasteiger charge is -2.22. The highest BCUT2D eigenvalue weighted by Gasteiger charge is 2.25. The van der Waals surface area contributed by atoms with E-state index in [1.54, 1.807) is 6.92 Å². The summed E-state index contributed by atoms with van der Waals surface area (Å²) in [5.74, 6) is -0.479. The first-order valence-corrected chi connectivity index (χ1v) is 8.15. The summed E-state index contributed by atoms with van der Waals surface area (Å²) >= 11 is 0. The standard InChI is InChI=1S/C13H19FN2O4S/c1-2-3-12(14)16(13(17)18)8-9-21(19,20)11-6-4-10(15)5-7-11/h4-7,12H,2-3,8-9,15H2,1H3,(H,17,18). The van der Waals surface area contributed by atoms with Gasteiger partial charge in [-0.15, -0.1) is 0 Å². The fraction of sp³-hybridized carbons (Fsp3) is 0.462. The number of sulfone groups is 1. The fourth-order valence-electron chi connectivity index (χ4n) is 1.76. The van der Waals surface area contributed by atoms with Crippen molar-refractivity contribution in [2.24, 2.45) is 0 Å². The highest BCUT2D eigenvalue weighted by Crippen LogP contribution is 2.15. The predicted octanol–water partition coefficient (Wildman–Crippen LogP) is 2.12. The van der Waals surface area contributed by atoms with Gasteiger partial charge in [0.1, 0.15) is 0 Å². The molecule has 3 N–H and O–H groups in total. The largest absolute Gasteiger partial charge is 0.465 e. The Hall–Kier alpha value is -1.83. The summed E-state index contributed by atoms with van der Waals surface area (Å²) in [5.41, 5.74) is 5.90. The van der Waals surface area contributed by atoms with Crippen LogP contribution in [0.25, 0.3) is 0 Å². The van der Waals surface area contributed by atoms with Gasteiger partial charge in [0.05, 0.1) is 10.6 Å². The molecule has 118 valence electrons. The molecule has 0 aliphatic heterocycles. The van der Waals surface area contributed by atoms with Crippen LogP contribution in [0, 0.1) is 0 Å². The minimum atomic E-state index is -3.68. The Morgan fingerprint density at radius 3 is 2.43 bits per heavy atom. The molecule has 0 aromatic heterocycles. The molecule has 0 spiro atoms. The maximum absolute atomic E-state index is 13.7. The molecule has 1 amide bonds. The zero-order chi connectivity index (χ0) is 16.0. The van der Waals surface area contributed by atoms with Gasteiger partial charge in [0, 0.05) is 12.2 Å². The molecule has 0 aliphatic rings. The Kier molecular flexibility index (Phi) is 5.95. The van der Waals surface area contributed by atoms with Crippen LogP contribution in [0.2, 0.25) is 0 Å². The lowest BCUT2D eigenvalue weighted by molar-refractivity contribution is 0.0708. The zero-order valence-electron chi connectivity index (χ0n) is 11.7. The topological polar surface area (TPSA) is 101 Å². The van der Waals surface area contributed by atoms with E-state index >= 15 is 0 Å². The molecule has 6 nitrogen and oxygen atoms in total. The normalized spacial score (nSPS) is 12.9. The molecule has 1 unspecified atom stereocenters. The van der Waals surface area contributed by atoms with E-state index < -0.39 is 34.5 Å². The molecule has 21 heavy (non-hydrogen) atoms. The van der Waals surface area contributed by atoms with Crippen LogP contribution < -0.4 is 5.73 Å². The van der Waals surface area contributed by atoms with Crippen molar-refractivity contribution in [1.29, 1.82) is 0 Å². The average molecular weight is 318 g/mol. The van der Waals surface area contributed by atoms with E-state index in [9.17, 15) is 17.6 Å². The van der Waals surface area contributed by atoms with E-state index in [2.05, 4.69) is 0 Å². The number of anilines is 1. The Morgan fingerprint density at radius 1 is 1.38 bits per heavy atom. The zero-order valence-corrected chi connectivity index (χ0v) is 12.5. The predicted molar refractivity (Wildman–Crippen MR) is 77.4 cm³/mol. The van der Waals surface area contributed by atoms with Gasteiger partial charge in [0.2, 0.25) is 0 Å². The molecular weight excluding hydrogens is 299 g/mol. The first kappa shape index (κ1) is 17.2. The van der Waals surface area contributed by atoms with E-state index in [-0.39, 0.29) is 11.3 Å². The number of benzene rings is 1. The quantitative estimate of drug-likeness (QED) is 0.592. The summed E-state index contributed by atoms with van der Waals surface area (Å²) in [6.45, 7) is 1.31. The van der Waals surface area contributed by atoms with Crippen molar-refractivity contribution < 1.29 is 22.7 Å². The van der Waals surface area contributed by atoms with Crippen molar-refractivity contribution >= 4 is 21.6 Å². The van der Waals surface area contributed by atoms with Crippen LogP contribution >= 0.6 is 0 Å². The summed E-state index contributed by atoms with van der Waals surface area (Å²) in [5, 5.41) is 8.95. The summed E-state index contributed by atoms with van der Waals surface area (Å²) < 4.78 is 37.8. The molecule has 0 radical (unpaired) electrons. The third-order valence-electron chi connectivity index (χ3n) is 2.95. The van der Waals surface area contributed by atoms with E-state index in [1.807, 2.05) is 0 Å². The number of alkyl halides is 1. The van der Waals surface area contributed by atoms with Gasteiger partial charge in [-0.2, -0.15) is 0 Å². The van der Waals surface area contributed by atoms with Crippen molar-refractivity contribution in [3.63, 3.8) is 0 Å². The molecule has 0 saturated carbocycles. The molecule has 1 aromatic rings. The Labute approximate surface area is 123 Å². The van der Waals surface area contributed by atoms with Gasteiger partial charge in [-0.25, -0.2) is 17.6 Å². The van der Waals surface area contributed by atoms with Crippen LogP contribution in [0.15, 0.2) is 29.2 Å². The summed E-state index contributed by atoms with van der Waals surface area (Å²) in [6.07, 6.45) is -2.67. The molecular formula is C13H19FN2O4S. The number of nitrogen functional groups attached to an aromatic ring is 1. The number of halogens is 1. The number of rotatable bonds is 7. The van der Waals surface area contributed by atoms with E-state index in [4.69, 9.17) is 10.8 Å². The van der Waals surface area contributed by atoms with Gasteiger partial charge in [-0.05, 0) is 30.7 Å². The molecule has 8 heteroatoms. The molecule has 0 fully saturated rings. The summed E-state index contributed by atoms with van der Waals surface area (Å²) in [7, 11) is -3.68. The molecule has 1 atom stereocenters. The number of amides is 1. The molecule has 0 aliphatic carbocycles. The maximum Gasteiger partial charge on any atom is 0.409 e. The van der Waals surface area contributed by atoms with E-state index in [0.717, 1.165) is 0 Å². The van der Waals surface area contributed by atoms with Crippen molar-refractivity contribution in [2.75, 3.05) is 18.0 Å². The second kappa shape index (κ2) is 7.26. The van der Waals surface area contributed by atoms with Crippen LogP contribution in [-0.4, -0.2) is 43.1 Å². The lowest BCUT2D eigenvalue weighted by atomic mass is 10.3. The Bertz CT molecular complexity index is 574. The molecule has 1 rings (SSSR count). The van der Waals surface area contributed by atoms with Crippen molar-refractivity contribution in [3.05, 3.63) is 24.3 Å². The summed E-state index contributed by atoms with van der Waals surface area (Å²) in [6, 6.07) is 5.57. The van der Waals surface area contributed by atoms with Gasteiger partial charge >= 0.3 is 6.09 Å². The molecule has 0 heterocycles. The van der Waals surface area contributed by atoms with Gasteiger partial charge < -0.3 is 10.8 Å². The Morgan fingerprint density at radius 2 is 1.95 bits per heavy atom. The first-order chi connectivity index (χ1) is 9.77. The number of hydrogen-bond donors (Lipinski definition) is 2. The molecule has 0 bridgehead atoms. The molecule has 1 aromatic carbocycles. The highest BCUT2D eigenvalue weighted by molar-refractivity contribution is 7.91. The minimum absolute atomic E-state index is 0.0351. The lowest BCUT2D eigenvalue weighted by Crippen LogP contribution is -2.40. The average Bonchev–Trinajstić information content (AvgIpc) is 2.39. The number of carboxylic acid groups (broad SMARTS) is 1. The van der Waals surface area contributed by atoms with Gasteiger partial charge in [-0.3, -0.25) is 4.90 Å². The highest BCUT2D eigenvalue weighted by atomic mass is 32.2. The SMILES string of the molecule is CCCC(F)N(CCS(=O)(=O)c1ccc(N)cc1)C(=O)O. The monoisotopic (exact) mass is 318 g/mol. The number of nitrogens with zero attached hydrogens (tertiary/aromatic N) is 1. The summed E-state index contributed by atoms with van der Waals surface area (Å²) in [4.78, 5) is 11.5. The van der Waals surface area contributed by atoms with E-state index in [0.29, 0.717) is 17.0 Å². The second-order valence-electron chi connectivity index (χ2n) is 4.59. The fourth-order valence-corrected chi connectivity index (χ4v) is 2.98. The van der Waals surface area contributed by atoms with Crippen LogP contribution in [0.1, 0.15) is 19.8 Å². The number of hydrogen-bond acceptors (Lipinski definition) is 4. The smallest absolute Gasteiger partial charge is 0.409 e. The van der Waals surface area contributed by atoms with Crippen molar-refractivity contribution in [2.45, 2.75) is 31.0 Å². The minimum Gasteiger partial charge on any atom is -0.465 e. The van der Waals surface area contributed by atoms with E-state index in [1.165, 1.54) is 24.3 Å². The van der Waals surface area contributed by atoms with Crippen LogP contribution in [0.4, 0.5) is 14.9 Å². The third-order valence-corrected chi connectivity index (χ3v) is 4.66.